The van der Waals surface area contributed by atoms with Crippen LogP contribution in [0.4, 0.5) is 0 Å². The molecule has 0 heterocycles. The van der Waals surface area contributed by atoms with Gasteiger partial charge in [-0.2, -0.15) is 0 Å². The molecule has 220 valence electrons. The second-order valence-corrected chi connectivity index (χ2v) is 12.9. The van der Waals surface area contributed by atoms with Crippen LogP contribution < -0.4 is 0 Å². The Morgan fingerprint density at radius 1 is 0.649 bits per heavy atom. The number of carboxylic acid groups (broad SMARTS) is 1. The summed E-state index contributed by atoms with van der Waals surface area (Å²) < 4.78 is 0. The summed E-state index contributed by atoms with van der Waals surface area (Å²) in [4.78, 5) is 14.3. The van der Waals surface area contributed by atoms with Crippen molar-refractivity contribution in [2.75, 3.05) is 20.6 Å². The van der Waals surface area contributed by atoms with E-state index >= 15 is 0 Å². The number of aliphatic carboxylic acids is 1. The van der Waals surface area contributed by atoms with E-state index in [2.05, 4.69) is 32.8 Å². The summed E-state index contributed by atoms with van der Waals surface area (Å²) in [6.45, 7) is 5.45. The maximum Gasteiger partial charge on any atom is 0.306 e. The van der Waals surface area contributed by atoms with Gasteiger partial charge < -0.3 is 10.0 Å². The van der Waals surface area contributed by atoms with Crippen molar-refractivity contribution in [3.05, 3.63) is 0 Å². The van der Waals surface area contributed by atoms with Crippen LogP contribution in [0.5, 0.6) is 0 Å². The Morgan fingerprint density at radius 2 is 1.05 bits per heavy atom. The lowest BCUT2D eigenvalue weighted by atomic mass is 9.81. The van der Waals surface area contributed by atoms with Gasteiger partial charge in [0, 0.05) is 0 Å². The number of carboxylic acids is 1. The van der Waals surface area contributed by atoms with Gasteiger partial charge in [-0.25, -0.2) is 0 Å². The van der Waals surface area contributed by atoms with Gasteiger partial charge >= 0.3 is 5.97 Å². The van der Waals surface area contributed by atoms with Gasteiger partial charge in [-0.1, -0.05) is 142 Å². The minimum absolute atomic E-state index is 0.166. The zero-order valence-electron chi connectivity index (χ0n) is 25.8. The minimum Gasteiger partial charge on any atom is -0.481 e. The molecule has 0 bridgehead atoms. The van der Waals surface area contributed by atoms with E-state index in [1.54, 1.807) is 0 Å². The number of rotatable bonds is 28. The second-order valence-electron chi connectivity index (χ2n) is 12.9. The van der Waals surface area contributed by atoms with E-state index in [0.29, 0.717) is 5.92 Å². The average molecular weight is 522 g/mol. The van der Waals surface area contributed by atoms with Crippen molar-refractivity contribution in [1.82, 2.24) is 4.90 Å². The van der Waals surface area contributed by atoms with Crippen molar-refractivity contribution in [3.63, 3.8) is 0 Å². The molecule has 0 aliphatic heterocycles. The Labute approximate surface area is 232 Å². The van der Waals surface area contributed by atoms with Gasteiger partial charge in [-0.3, -0.25) is 4.79 Å². The third-order valence-electron chi connectivity index (χ3n) is 9.10. The lowest BCUT2D eigenvalue weighted by Crippen LogP contribution is -2.28. The van der Waals surface area contributed by atoms with Crippen molar-refractivity contribution in [2.45, 2.75) is 168 Å². The van der Waals surface area contributed by atoms with Crippen molar-refractivity contribution in [2.24, 2.45) is 23.7 Å². The minimum atomic E-state index is -0.560. The molecule has 3 nitrogen and oxygen atoms in total. The van der Waals surface area contributed by atoms with Crippen LogP contribution in [0.2, 0.25) is 0 Å². The van der Waals surface area contributed by atoms with Crippen LogP contribution in [0.15, 0.2) is 0 Å². The predicted molar refractivity (Wildman–Crippen MR) is 162 cm³/mol. The zero-order valence-corrected chi connectivity index (χ0v) is 25.8. The average Bonchev–Trinajstić information content (AvgIpc) is 3.62. The van der Waals surface area contributed by atoms with Crippen molar-refractivity contribution < 1.29 is 9.90 Å². The van der Waals surface area contributed by atoms with Gasteiger partial charge in [0.15, 0.2) is 0 Å². The lowest BCUT2D eigenvalue weighted by Gasteiger charge is -2.25. The highest BCUT2D eigenvalue weighted by molar-refractivity contribution is 5.70. The molecule has 37 heavy (non-hydrogen) atoms. The van der Waals surface area contributed by atoms with Crippen LogP contribution in [0.1, 0.15) is 168 Å². The van der Waals surface area contributed by atoms with Crippen LogP contribution >= 0.6 is 0 Å². The predicted octanol–water partition coefficient (Wildman–Crippen LogP) is 10.5. The summed E-state index contributed by atoms with van der Waals surface area (Å²) in [5.41, 5.74) is 0. The fourth-order valence-corrected chi connectivity index (χ4v) is 6.42. The summed E-state index contributed by atoms with van der Waals surface area (Å²) in [6.07, 6.45) is 31.9. The first-order chi connectivity index (χ1) is 18.0. The van der Waals surface area contributed by atoms with Gasteiger partial charge in [0.05, 0.1) is 5.92 Å². The number of unbranched alkanes of at least 4 members (excludes halogenated alkanes) is 15. The Morgan fingerprint density at radius 3 is 1.46 bits per heavy atom. The van der Waals surface area contributed by atoms with E-state index in [-0.39, 0.29) is 5.92 Å². The van der Waals surface area contributed by atoms with E-state index in [9.17, 15) is 9.90 Å². The first-order valence-electron chi connectivity index (χ1n) is 16.9. The molecule has 0 aromatic heterocycles. The fourth-order valence-electron chi connectivity index (χ4n) is 6.42. The Hall–Kier alpha value is -0.570. The molecule has 0 radical (unpaired) electrons. The van der Waals surface area contributed by atoms with Crippen molar-refractivity contribution in [3.8, 4) is 0 Å². The highest BCUT2D eigenvalue weighted by Crippen LogP contribution is 2.45. The molecule has 0 aromatic rings. The zero-order chi connectivity index (χ0) is 27.1. The first-order valence-corrected chi connectivity index (χ1v) is 16.9. The third kappa shape index (κ3) is 19.2. The van der Waals surface area contributed by atoms with Crippen LogP contribution in [-0.2, 0) is 4.79 Å². The molecule has 3 heteroatoms. The second kappa shape index (κ2) is 23.3. The molecule has 1 fully saturated rings. The van der Waals surface area contributed by atoms with Crippen LogP contribution in [0, 0.1) is 23.7 Å². The number of nitrogens with zero attached hydrogens (tertiary/aromatic N) is 1. The van der Waals surface area contributed by atoms with Gasteiger partial charge in [-0.15, -0.1) is 0 Å². The van der Waals surface area contributed by atoms with Gasteiger partial charge in [-0.05, 0) is 64.1 Å². The summed E-state index contributed by atoms with van der Waals surface area (Å²) in [7, 11) is 4.12. The maximum absolute atomic E-state index is 12.1. The molecule has 1 N–H and O–H groups in total. The smallest absolute Gasteiger partial charge is 0.306 e. The largest absolute Gasteiger partial charge is 0.481 e. The number of hydrogen-bond donors (Lipinski definition) is 1. The summed E-state index contributed by atoms with van der Waals surface area (Å²) >= 11 is 0. The molecule has 4 unspecified atom stereocenters. The summed E-state index contributed by atoms with van der Waals surface area (Å²) in [5.74, 6) is 1.75. The quantitative estimate of drug-likeness (QED) is 0.104. The molecule has 1 saturated carbocycles. The van der Waals surface area contributed by atoms with E-state index < -0.39 is 5.97 Å². The fraction of sp³-hybridized carbons (Fsp3) is 0.971. The van der Waals surface area contributed by atoms with Gasteiger partial charge in [0.2, 0.25) is 0 Å². The summed E-state index contributed by atoms with van der Waals surface area (Å²) in [6, 6.07) is 0. The Balaban J connectivity index is 2.19. The van der Waals surface area contributed by atoms with Gasteiger partial charge in [0.1, 0.15) is 0 Å². The van der Waals surface area contributed by atoms with E-state index in [4.69, 9.17) is 0 Å². The molecule has 0 saturated heterocycles. The Kier molecular flexibility index (Phi) is 21.7. The van der Waals surface area contributed by atoms with E-state index in [1.807, 2.05) is 0 Å². The molecule has 0 aromatic carbocycles. The molecule has 0 amide bonds. The lowest BCUT2D eigenvalue weighted by molar-refractivity contribution is -0.144. The number of carbonyl (C=O) groups is 1. The molecular weight excluding hydrogens is 454 g/mol. The molecule has 1 aliphatic rings. The SMILES string of the molecule is CCCCCCCCCC(CCCCCCCC1CC1CCCCCCCC)C(CCN(C)C)C(=O)O. The molecule has 4 atom stereocenters. The van der Waals surface area contributed by atoms with Crippen LogP contribution in [0.3, 0.4) is 0 Å². The highest BCUT2D eigenvalue weighted by atomic mass is 16.4. The molecule has 1 aliphatic carbocycles. The Bertz CT molecular complexity index is 520. The standard InChI is InChI=1S/C34H67NO2/c1-5-7-9-11-13-16-19-23-30(33(34(36)37)27-28-35(3)4)24-20-17-14-18-22-26-32-29-31(32)25-21-15-12-10-8-6-2/h30-33H,5-29H2,1-4H3,(H,36,37). The van der Waals surface area contributed by atoms with Crippen LogP contribution in [-0.4, -0.2) is 36.6 Å². The molecule has 0 spiro atoms. The molecule has 1 rings (SSSR count). The third-order valence-corrected chi connectivity index (χ3v) is 9.10. The van der Waals surface area contributed by atoms with E-state index in [1.165, 1.54) is 135 Å². The van der Waals surface area contributed by atoms with Gasteiger partial charge in [0.25, 0.3) is 0 Å². The molecular formula is C34H67NO2. The van der Waals surface area contributed by atoms with E-state index in [0.717, 1.165) is 37.6 Å². The van der Waals surface area contributed by atoms with Crippen LogP contribution in [0.25, 0.3) is 0 Å². The highest BCUT2D eigenvalue weighted by Gasteiger charge is 2.35. The first kappa shape index (κ1) is 34.5. The van der Waals surface area contributed by atoms with Crippen molar-refractivity contribution in [1.29, 1.82) is 0 Å². The maximum atomic E-state index is 12.1. The van der Waals surface area contributed by atoms with Crippen molar-refractivity contribution >= 4 is 5.97 Å². The normalized spacial score (nSPS) is 18.8. The number of hydrogen-bond acceptors (Lipinski definition) is 2. The summed E-state index contributed by atoms with van der Waals surface area (Å²) in [5, 5.41) is 9.99. The monoisotopic (exact) mass is 522 g/mol. The topological polar surface area (TPSA) is 40.5 Å².